The second kappa shape index (κ2) is 4.73. The first-order chi connectivity index (χ1) is 8.11. The third-order valence-corrected chi connectivity index (χ3v) is 2.83. The van der Waals surface area contributed by atoms with Gasteiger partial charge in [0, 0.05) is 18.0 Å². The van der Waals surface area contributed by atoms with Crippen molar-refractivity contribution < 1.29 is 4.74 Å². The molecule has 0 aliphatic heterocycles. The molecule has 88 valence electrons. The molecule has 2 rings (SSSR count). The van der Waals surface area contributed by atoms with Crippen LogP contribution in [-0.4, -0.2) is 16.7 Å². The van der Waals surface area contributed by atoms with Gasteiger partial charge in [0.1, 0.15) is 5.75 Å². The summed E-state index contributed by atoms with van der Waals surface area (Å²) in [7, 11) is 1.55. The molecule has 0 fully saturated rings. The molecule has 1 heterocycles. The number of rotatable bonds is 2. The van der Waals surface area contributed by atoms with Gasteiger partial charge in [0.15, 0.2) is 4.77 Å². The van der Waals surface area contributed by atoms with E-state index in [0.717, 1.165) is 5.69 Å². The minimum absolute atomic E-state index is 0.231. The molecule has 4 nitrogen and oxygen atoms in total. The fraction of sp³-hybridized carbons (Fsp3) is 0.0909. The van der Waals surface area contributed by atoms with Gasteiger partial charge in [-0.2, -0.15) is 0 Å². The van der Waals surface area contributed by atoms with Gasteiger partial charge >= 0.3 is 0 Å². The molecule has 1 aromatic heterocycles. The van der Waals surface area contributed by atoms with Crippen LogP contribution in [0.4, 0.5) is 0 Å². The molecule has 0 aliphatic carbocycles. The second-order valence-electron chi connectivity index (χ2n) is 3.30. The van der Waals surface area contributed by atoms with Gasteiger partial charge in [-0.3, -0.25) is 14.3 Å². The highest BCUT2D eigenvalue weighted by Crippen LogP contribution is 2.26. The molecule has 0 radical (unpaired) electrons. The van der Waals surface area contributed by atoms with Crippen molar-refractivity contribution in [2.75, 3.05) is 7.11 Å². The van der Waals surface area contributed by atoms with E-state index in [2.05, 4.69) is 4.98 Å². The van der Waals surface area contributed by atoms with Crippen LogP contribution in [0.1, 0.15) is 0 Å². The smallest absolute Gasteiger partial charge is 0.251 e. The lowest BCUT2D eigenvalue weighted by atomic mass is 10.3. The summed E-state index contributed by atoms with van der Waals surface area (Å²) < 4.78 is 7.03. The Morgan fingerprint density at radius 1 is 1.41 bits per heavy atom. The van der Waals surface area contributed by atoms with Crippen LogP contribution in [-0.2, 0) is 0 Å². The topological polar surface area (TPSA) is 47.0 Å². The van der Waals surface area contributed by atoms with E-state index < -0.39 is 0 Å². The number of ether oxygens (including phenoxy) is 1. The normalized spacial score (nSPS) is 10.2. The van der Waals surface area contributed by atoms with E-state index in [-0.39, 0.29) is 5.56 Å². The third-order valence-electron chi connectivity index (χ3n) is 2.24. The first-order valence-corrected chi connectivity index (χ1v) is 5.56. The molecular formula is C11H9ClN2O2S. The minimum Gasteiger partial charge on any atom is -0.495 e. The molecule has 0 amide bonds. The number of aromatic amines is 1. The largest absolute Gasteiger partial charge is 0.495 e. The summed E-state index contributed by atoms with van der Waals surface area (Å²) in [6.07, 6.45) is 1.60. The average molecular weight is 269 g/mol. The minimum atomic E-state index is -0.231. The number of nitrogens with one attached hydrogen (secondary N) is 1. The predicted molar refractivity (Wildman–Crippen MR) is 68.8 cm³/mol. The zero-order valence-electron chi connectivity index (χ0n) is 8.94. The zero-order chi connectivity index (χ0) is 12.4. The van der Waals surface area contributed by atoms with Crippen molar-refractivity contribution in [3.05, 3.63) is 50.6 Å². The van der Waals surface area contributed by atoms with Crippen LogP contribution >= 0.6 is 23.8 Å². The maximum atomic E-state index is 11.1. The van der Waals surface area contributed by atoms with Crippen molar-refractivity contribution in [3.8, 4) is 11.4 Å². The molecule has 1 aromatic carbocycles. The standard InChI is InChI=1S/C11H9ClN2O2S/c1-16-9-3-2-7(6-8(9)12)14-5-4-10(15)13-11(14)17/h2-6H,1H3,(H,13,15,17). The van der Waals surface area contributed by atoms with Crippen LogP contribution in [0.5, 0.6) is 5.75 Å². The van der Waals surface area contributed by atoms with Crippen LogP contribution in [0.25, 0.3) is 5.69 Å². The summed E-state index contributed by atoms with van der Waals surface area (Å²) in [5, 5.41) is 0.484. The highest BCUT2D eigenvalue weighted by molar-refractivity contribution is 7.71. The Hall–Kier alpha value is -1.59. The Morgan fingerprint density at radius 3 is 2.76 bits per heavy atom. The monoisotopic (exact) mass is 268 g/mol. The molecule has 0 saturated carbocycles. The lowest BCUT2D eigenvalue weighted by Crippen LogP contribution is -2.09. The zero-order valence-corrected chi connectivity index (χ0v) is 10.5. The molecule has 0 aliphatic rings. The van der Waals surface area contributed by atoms with Gasteiger partial charge < -0.3 is 4.74 Å². The van der Waals surface area contributed by atoms with Gasteiger partial charge in [-0.1, -0.05) is 11.6 Å². The number of hydrogen-bond acceptors (Lipinski definition) is 3. The summed E-state index contributed by atoms with van der Waals surface area (Å²) in [5.74, 6) is 0.589. The Bertz CT molecular complexity index is 663. The van der Waals surface area contributed by atoms with Crippen LogP contribution in [0.15, 0.2) is 35.3 Å². The number of nitrogens with zero attached hydrogens (tertiary/aromatic N) is 1. The Balaban J connectivity index is 2.57. The summed E-state index contributed by atoms with van der Waals surface area (Å²) in [5.41, 5.74) is 0.530. The molecule has 1 N–H and O–H groups in total. The summed E-state index contributed by atoms with van der Waals surface area (Å²) in [4.78, 5) is 13.6. The highest BCUT2D eigenvalue weighted by atomic mass is 35.5. The molecule has 0 saturated heterocycles. The first-order valence-electron chi connectivity index (χ1n) is 4.78. The van der Waals surface area contributed by atoms with Gasteiger partial charge in [0.05, 0.1) is 12.1 Å². The SMILES string of the molecule is COc1ccc(-n2ccc(=O)[nH]c2=S)cc1Cl. The maximum absolute atomic E-state index is 11.1. The fourth-order valence-electron chi connectivity index (χ4n) is 1.43. The highest BCUT2D eigenvalue weighted by Gasteiger charge is 2.03. The first kappa shape index (κ1) is 11.9. The Labute approximate surface area is 107 Å². The van der Waals surface area contributed by atoms with Gasteiger partial charge in [-0.25, -0.2) is 0 Å². The van der Waals surface area contributed by atoms with Crippen molar-refractivity contribution >= 4 is 23.8 Å². The summed E-state index contributed by atoms with van der Waals surface area (Å²) in [6, 6.07) is 6.66. The molecule has 0 spiro atoms. The average Bonchev–Trinajstić information content (AvgIpc) is 2.29. The van der Waals surface area contributed by atoms with Crippen LogP contribution in [0.2, 0.25) is 5.02 Å². The van der Waals surface area contributed by atoms with Crippen LogP contribution < -0.4 is 10.3 Å². The second-order valence-corrected chi connectivity index (χ2v) is 4.09. The molecule has 0 unspecified atom stereocenters. The fourth-order valence-corrected chi connectivity index (χ4v) is 1.94. The molecule has 17 heavy (non-hydrogen) atoms. The number of hydrogen-bond donors (Lipinski definition) is 1. The molecule has 0 bridgehead atoms. The van der Waals surface area contributed by atoms with E-state index in [1.165, 1.54) is 6.07 Å². The Morgan fingerprint density at radius 2 is 2.18 bits per heavy atom. The van der Waals surface area contributed by atoms with E-state index in [0.29, 0.717) is 15.5 Å². The Kier molecular flexibility index (Phi) is 3.31. The van der Waals surface area contributed by atoms with E-state index in [1.807, 2.05) is 0 Å². The van der Waals surface area contributed by atoms with Gasteiger partial charge in [0.25, 0.3) is 5.56 Å². The van der Waals surface area contributed by atoms with Crippen molar-refractivity contribution in [2.24, 2.45) is 0 Å². The number of H-pyrrole nitrogens is 1. The molecule has 0 atom stereocenters. The van der Waals surface area contributed by atoms with Crippen molar-refractivity contribution in [3.63, 3.8) is 0 Å². The molecular weight excluding hydrogens is 260 g/mol. The predicted octanol–water partition coefficient (Wildman–Crippen LogP) is 2.56. The van der Waals surface area contributed by atoms with Gasteiger partial charge in [-0.05, 0) is 30.4 Å². The number of benzene rings is 1. The van der Waals surface area contributed by atoms with E-state index in [9.17, 15) is 4.79 Å². The maximum Gasteiger partial charge on any atom is 0.251 e. The summed E-state index contributed by atoms with van der Waals surface area (Å²) >= 11 is 11.1. The molecule has 2 aromatic rings. The van der Waals surface area contributed by atoms with Crippen LogP contribution in [0, 0.1) is 4.77 Å². The van der Waals surface area contributed by atoms with Crippen molar-refractivity contribution in [1.29, 1.82) is 0 Å². The number of aromatic nitrogens is 2. The van der Waals surface area contributed by atoms with Gasteiger partial charge in [-0.15, -0.1) is 0 Å². The van der Waals surface area contributed by atoms with Crippen molar-refractivity contribution in [2.45, 2.75) is 0 Å². The van der Waals surface area contributed by atoms with Crippen molar-refractivity contribution in [1.82, 2.24) is 9.55 Å². The van der Waals surface area contributed by atoms with Gasteiger partial charge in [0.2, 0.25) is 0 Å². The number of methoxy groups -OCH3 is 1. The lowest BCUT2D eigenvalue weighted by Gasteiger charge is -2.08. The third kappa shape index (κ3) is 2.40. The quantitative estimate of drug-likeness (QED) is 0.852. The number of halogens is 1. The summed E-state index contributed by atoms with van der Waals surface area (Å²) in [6.45, 7) is 0. The lowest BCUT2D eigenvalue weighted by molar-refractivity contribution is 0.415. The molecule has 6 heteroatoms. The van der Waals surface area contributed by atoms with E-state index in [4.69, 9.17) is 28.6 Å². The van der Waals surface area contributed by atoms with E-state index in [1.54, 1.807) is 36.1 Å². The van der Waals surface area contributed by atoms with Crippen LogP contribution in [0.3, 0.4) is 0 Å². The van der Waals surface area contributed by atoms with E-state index >= 15 is 0 Å².